The Morgan fingerprint density at radius 2 is 1.76 bits per heavy atom. The van der Waals surface area contributed by atoms with E-state index in [1.54, 1.807) is 12.1 Å². The number of amides is 1. The van der Waals surface area contributed by atoms with E-state index in [1.165, 1.54) is 24.0 Å². The molecule has 1 aromatic heterocycles. The lowest BCUT2D eigenvalue weighted by Crippen LogP contribution is -2.12. The van der Waals surface area contributed by atoms with Crippen molar-refractivity contribution in [3.63, 3.8) is 0 Å². The van der Waals surface area contributed by atoms with Crippen LogP contribution in [0.15, 0.2) is 47.1 Å². The maximum Gasteiger partial charge on any atom is 0.256 e. The topological polar surface area (TPSA) is 68.0 Å². The number of carbonyl (C=O) groups excluding carboxylic acids is 1. The Morgan fingerprint density at radius 1 is 1.00 bits per heavy atom. The highest BCUT2D eigenvalue weighted by atomic mass is 16.6. The fourth-order valence-corrected chi connectivity index (χ4v) is 3.23. The van der Waals surface area contributed by atoms with Gasteiger partial charge in [0.1, 0.15) is 0 Å². The van der Waals surface area contributed by atoms with Crippen LogP contribution in [-0.2, 0) is 12.8 Å². The number of fused-ring (bicyclic) bond motifs is 1. The summed E-state index contributed by atoms with van der Waals surface area (Å²) in [6.07, 6.45) is 4.67. The Kier molecular flexibility index (Phi) is 4.06. The van der Waals surface area contributed by atoms with Gasteiger partial charge in [0.25, 0.3) is 5.91 Å². The number of aromatic nitrogens is 2. The molecule has 5 heteroatoms. The molecule has 5 nitrogen and oxygen atoms in total. The van der Waals surface area contributed by atoms with Gasteiger partial charge in [-0.3, -0.25) is 4.79 Å². The Labute approximate surface area is 146 Å². The monoisotopic (exact) mass is 333 g/mol. The third-order valence-corrected chi connectivity index (χ3v) is 4.66. The van der Waals surface area contributed by atoms with Crippen molar-refractivity contribution in [3.8, 4) is 11.3 Å². The van der Waals surface area contributed by atoms with Gasteiger partial charge < -0.3 is 5.32 Å². The third kappa shape index (κ3) is 3.18. The van der Waals surface area contributed by atoms with Crippen molar-refractivity contribution < 1.29 is 9.42 Å². The van der Waals surface area contributed by atoms with Gasteiger partial charge in [0.15, 0.2) is 5.69 Å². The molecule has 1 amide bonds. The summed E-state index contributed by atoms with van der Waals surface area (Å²) in [4.78, 5) is 12.4. The quantitative estimate of drug-likeness (QED) is 0.781. The molecule has 1 aliphatic carbocycles. The van der Waals surface area contributed by atoms with E-state index in [0.717, 1.165) is 24.0 Å². The van der Waals surface area contributed by atoms with Gasteiger partial charge >= 0.3 is 0 Å². The first-order valence-electron chi connectivity index (χ1n) is 8.53. The van der Waals surface area contributed by atoms with Crippen LogP contribution in [0.25, 0.3) is 11.3 Å². The second-order valence-corrected chi connectivity index (χ2v) is 6.47. The number of benzene rings is 2. The molecule has 0 unspecified atom stereocenters. The number of rotatable bonds is 3. The number of nitrogens with one attached hydrogen (secondary N) is 1. The molecule has 1 heterocycles. The lowest BCUT2D eigenvalue weighted by Gasteiger charge is -2.16. The van der Waals surface area contributed by atoms with Crippen molar-refractivity contribution in [2.75, 3.05) is 5.32 Å². The second kappa shape index (κ2) is 6.51. The molecular formula is C20H19N3O2. The molecule has 2 aromatic carbocycles. The Morgan fingerprint density at radius 3 is 2.56 bits per heavy atom. The van der Waals surface area contributed by atoms with Crippen LogP contribution in [0.4, 0.5) is 5.82 Å². The van der Waals surface area contributed by atoms with E-state index in [9.17, 15) is 4.79 Å². The average molecular weight is 333 g/mol. The van der Waals surface area contributed by atoms with E-state index >= 15 is 0 Å². The molecule has 0 radical (unpaired) electrons. The van der Waals surface area contributed by atoms with Crippen molar-refractivity contribution in [1.29, 1.82) is 0 Å². The zero-order valence-electron chi connectivity index (χ0n) is 14.1. The smallest absolute Gasteiger partial charge is 0.256 e. The van der Waals surface area contributed by atoms with Crippen molar-refractivity contribution in [1.82, 2.24) is 10.3 Å². The van der Waals surface area contributed by atoms with E-state index in [0.29, 0.717) is 17.1 Å². The highest BCUT2D eigenvalue weighted by Crippen LogP contribution is 2.30. The molecule has 3 aromatic rings. The number of hydrogen-bond acceptors (Lipinski definition) is 4. The van der Waals surface area contributed by atoms with Gasteiger partial charge in [0, 0.05) is 11.1 Å². The molecular weight excluding hydrogens is 314 g/mol. The molecule has 1 N–H and O–H groups in total. The predicted molar refractivity (Wildman–Crippen MR) is 95.5 cm³/mol. The van der Waals surface area contributed by atoms with Crippen molar-refractivity contribution in [2.45, 2.75) is 32.6 Å². The second-order valence-electron chi connectivity index (χ2n) is 6.47. The SMILES string of the molecule is Cc1ccc(C(=O)Nc2nonc2-c2ccc3c(c2)CCCC3)cc1. The lowest BCUT2D eigenvalue weighted by molar-refractivity contribution is 0.102. The van der Waals surface area contributed by atoms with Gasteiger partial charge in [-0.05, 0) is 72.2 Å². The van der Waals surface area contributed by atoms with Gasteiger partial charge in [0.2, 0.25) is 5.82 Å². The Bertz CT molecular complexity index is 913. The number of nitrogens with zero attached hydrogens (tertiary/aromatic N) is 2. The number of aryl methyl sites for hydroxylation is 3. The molecule has 0 aliphatic heterocycles. The summed E-state index contributed by atoms with van der Waals surface area (Å²) in [5.74, 6) is 0.122. The largest absolute Gasteiger partial charge is 0.302 e. The van der Waals surface area contributed by atoms with Gasteiger partial charge in [-0.2, -0.15) is 0 Å². The van der Waals surface area contributed by atoms with Crippen LogP contribution >= 0.6 is 0 Å². The molecule has 126 valence electrons. The summed E-state index contributed by atoms with van der Waals surface area (Å²) >= 11 is 0. The highest BCUT2D eigenvalue weighted by molar-refractivity contribution is 6.05. The van der Waals surface area contributed by atoms with Gasteiger partial charge in [-0.25, -0.2) is 4.63 Å². The van der Waals surface area contributed by atoms with Crippen molar-refractivity contribution in [2.24, 2.45) is 0 Å². The van der Waals surface area contributed by atoms with Crippen LogP contribution < -0.4 is 5.32 Å². The Balaban J connectivity index is 1.60. The van der Waals surface area contributed by atoms with E-state index in [1.807, 2.05) is 25.1 Å². The van der Waals surface area contributed by atoms with Crippen molar-refractivity contribution >= 4 is 11.7 Å². The summed E-state index contributed by atoms with van der Waals surface area (Å²) in [5.41, 5.74) is 5.91. The maximum atomic E-state index is 12.4. The molecule has 0 bridgehead atoms. The van der Waals surface area contributed by atoms with E-state index in [2.05, 4.69) is 27.8 Å². The van der Waals surface area contributed by atoms with Gasteiger partial charge in [-0.15, -0.1) is 0 Å². The molecule has 1 aliphatic rings. The Hall–Kier alpha value is -2.95. The molecule has 25 heavy (non-hydrogen) atoms. The molecule has 0 saturated heterocycles. The maximum absolute atomic E-state index is 12.4. The number of hydrogen-bond donors (Lipinski definition) is 1. The summed E-state index contributed by atoms with van der Waals surface area (Å²) in [6, 6.07) is 13.7. The van der Waals surface area contributed by atoms with E-state index in [4.69, 9.17) is 4.63 Å². The van der Waals surface area contributed by atoms with Crippen LogP contribution in [0.2, 0.25) is 0 Å². The van der Waals surface area contributed by atoms with E-state index in [-0.39, 0.29) is 5.91 Å². The minimum absolute atomic E-state index is 0.227. The summed E-state index contributed by atoms with van der Waals surface area (Å²) < 4.78 is 4.89. The highest BCUT2D eigenvalue weighted by Gasteiger charge is 2.18. The van der Waals surface area contributed by atoms with Crippen LogP contribution in [0.5, 0.6) is 0 Å². The minimum atomic E-state index is -0.227. The first-order chi connectivity index (χ1) is 12.2. The summed E-state index contributed by atoms with van der Waals surface area (Å²) in [7, 11) is 0. The van der Waals surface area contributed by atoms with Crippen LogP contribution in [0.1, 0.15) is 39.9 Å². The molecule has 0 atom stereocenters. The normalized spacial score (nSPS) is 13.3. The molecule has 0 fully saturated rings. The first kappa shape index (κ1) is 15.6. The van der Waals surface area contributed by atoms with Crippen LogP contribution in [0, 0.1) is 6.92 Å². The standard InChI is InChI=1S/C20H19N3O2/c1-13-6-8-15(9-7-13)20(24)21-19-18(22-25-23-19)17-11-10-14-4-2-3-5-16(14)12-17/h6-12H,2-5H2,1H3,(H,21,23,24). The van der Waals surface area contributed by atoms with E-state index < -0.39 is 0 Å². The molecule has 0 spiro atoms. The zero-order valence-corrected chi connectivity index (χ0v) is 14.1. The van der Waals surface area contributed by atoms with Gasteiger partial charge in [0.05, 0.1) is 0 Å². The zero-order chi connectivity index (χ0) is 17.2. The minimum Gasteiger partial charge on any atom is -0.302 e. The van der Waals surface area contributed by atoms with Crippen LogP contribution in [-0.4, -0.2) is 16.2 Å². The third-order valence-electron chi connectivity index (χ3n) is 4.66. The lowest BCUT2D eigenvalue weighted by atomic mass is 9.90. The summed E-state index contributed by atoms with van der Waals surface area (Å²) in [5, 5.41) is 10.7. The van der Waals surface area contributed by atoms with Crippen LogP contribution in [0.3, 0.4) is 0 Å². The predicted octanol–water partition coefficient (Wildman–Crippen LogP) is 4.18. The number of anilines is 1. The first-order valence-corrected chi connectivity index (χ1v) is 8.53. The van der Waals surface area contributed by atoms with Crippen molar-refractivity contribution in [3.05, 3.63) is 64.7 Å². The average Bonchev–Trinajstić information content (AvgIpc) is 3.10. The molecule has 0 saturated carbocycles. The summed E-state index contributed by atoms with van der Waals surface area (Å²) in [6.45, 7) is 1.98. The molecule has 4 rings (SSSR count). The fourth-order valence-electron chi connectivity index (χ4n) is 3.23. The number of carbonyl (C=O) groups is 1. The van der Waals surface area contributed by atoms with Gasteiger partial charge in [-0.1, -0.05) is 29.8 Å². The fraction of sp³-hybridized carbons (Fsp3) is 0.250.